The number of para-hydroxylation sites is 1. The summed E-state index contributed by atoms with van der Waals surface area (Å²) in [5, 5.41) is 0. The van der Waals surface area contributed by atoms with Crippen LogP contribution in [0.2, 0.25) is 0 Å². The molecule has 0 amide bonds. The molecule has 9 aromatic rings. The number of unbranched alkanes of at least 4 members (excludes halogenated alkanes) is 6. The number of fused-ring (bicyclic) bond motifs is 4. The number of anilines is 4. The maximum atomic E-state index is 6.06. The molecule has 73 heavy (non-hydrogen) atoms. The summed E-state index contributed by atoms with van der Waals surface area (Å²) in [6, 6.07) is 79.8. The SMILES string of the molecule is CCCCCCC1(CCCCCC)c2ccccc2-c2ccc(N(c3ccccc3)c3ccc(-c4ccc(C(C)(c5ccc(-c6ccc(N)cc6)cc5)c5ccc(-c6ccc7c(c6)CC7)cc5)cc4)cc3)cc21. The van der Waals surface area contributed by atoms with E-state index in [1.807, 2.05) is 12.1 Å². The van der Waals surface area contributed by atoms with Crippen molar-refractivity contribution in [3.63, 3.8) is 0 Å². The van der Waals surface area contributed by atoms with Crippen LogP contribution in [0.3, 0.4) is 0 Å². The van der Waals surface area contributed by atoms with Crippen molar-refractivity contribution in [2.24, 2.45) is 0 Å². The fourth-order valence-electron chi connectivity index (χ4n) is 12.3. The molecule has 2 nitrogen and oxygen atoms in total. The molecule has 0 heterocycles. The molecule has 364 valence electrons. The number of nitrogen functional groups attached to an aromatic ring is 1. The summed E-state index contributed by atoms with van der Waals surface area (Å²) < 4.78 is 0. The number of benzene rings is 9. The lowest BCUT2D eigenvalue weighted by atomic mass is 9.70. The highest BCUT2D eigenvalue weighted by Crippen LogP contribution is 2.56. The molecule has 2 N–H and O–H groups in total. The monoisotopic (exact) mass is 951 g/mol. The predicted molar refractivity (Wildman–Crippen MR) is 311 cm³/mol. The number of aryl methyl sites for hydroxylation is 2. The van der Waals surface area contributed by atoms with Gasteiger partial charge in [-0.1, -0.05) is 229 Å². The lowest BCUT2D eigenvalue weighted by Gasteiger charge is -2.34. The average Bonchev–Trinajstić information content (AvgIpc) is 3.70. The lowest BCUT2D eigenvalue weighted by Crippen LogP contribution is -2.26. The average molecular weight is 951 g/mol. The fourth-order valence-corrected chi connectivity index (χ4v) is 12.3. The van der Waals surface area contributed by atoms with E-state index in [9.17, 15) is 0 Å². The van der Waals surface area contributed by atoms with Crippen LogP contribution in [0, 0.1) is 0 Å². The van der Waals surface area contributed by atoms with Gasteiger partial charge in [0.05, 0.1) is 0 Å². The van der Waals surface area contributed by atoms with Crippen molar-refractivity contribution in [1.29, 1.82) is 0 Å². The van der Waals surface area contributed by atoms with E-state index in [2.05, 4.69) is 226 Å². The Morgan fingerprint density at radius 1 is 0.397 bits per heavy atom. The van der Waals surface area contributed by atoms with Gasteiger partial charge < -0.3 is 10.6 Å². The smallest absolute Gasteiger partial charge is 0.0465 e. The number of nitrogens with zero attached hydrogens (tertiary/aromatic N) is 1. The molecule has 2 aliphatic carbocycles. The molecule has 0 bridgehead atoms. The second-order valence-corrected chi connectivity index (χ2v) is 21.2. The minimum atomic E-state index is -0.406. The Morgan fingerprint density at radius 3 is 1.38 bits per heavy atom. The van der Waals surface area contributed by atoms with Crippen LogP contribution in [0.4, 0.5) is 22.7 Å². The molecule has 0 spiro atoms. The minimum absolute atomic E-state index is 0.0189. The van der Waals surface area contributed by atoms with Crippen molar-refractivity contribution < 1.29 is 0 Å². The lowest BCUT2D eigenvalue weighted by molar-refractivity contribution is 0.401. The van der Waals surface area contributed by atoms with Crippen molar-refractivity contribution in [2.75, 3.05) is 10.6 Å². The van der Waals surface area contributed by atoms with Gasteiger partial charge in [-0.2, -0.15) is 0 Å². The van der Waals surface area contributed by atoms with Crippen LogP contribution in [0.15, 0.2) is 212 Å². The Labute approximate surface area is 435 Å². The van der Waals surface area contributed by atoms with Gasteiger partial charge in [-0.05, 0) is 165 Å². The van der Waals surface area contributed by atoms with E-state index < -0.39 is 5.41 Å². The van der Waals surface area contributed by atoms with Gasteiger partial charge in [0.25, 0.3) is 0 Å². The van der Waals surface area contributed by atoms with Gasteiger partial charge in [0.15, 0.2) is 0 Å². The van der Waals surface area contributed by atoms with E-state index in [-0.39, 0.29) is 5.41 Å². The van der Waals surface area contributed by atoms with Crippen LogP contribution in [-0.4, -0.2) is 0 Å². The third-order valence-electron chi connectivity index (χ3n) is 16.7. The van der Waals surface area contributed by atoms with Gasteiger partial charge in [0.2, 0.25) is 0 Å². The van der Waals surface area contributed by atoms with Crippen LogP contribution in [-0.2, 0) is 23.7 Å². The van der Waals surface area contributed by atoms with Gasteiger partial charge in [-0.15, -0.1) is 0 Å². The highest BCUT2D eigenvalue weighted by Gasteiger charge is 2.42. The molecule has 1 atom stereocenters. The van der Waals surface area contributed by atoms with Gasteiger partial charge in [0.1, 0.15) is 0 Å². The van der Waals surface area contributed by atoms with Crippen molar-refractivity contribution in [3.8, 4) is 44.5 Å². The van der Waals surface area contributed by atoms with Crippen molar-refractivity contribution in [1.82, 2.24) is 0 Å². The second-order valence-electron chi connectivity index (χ2n) is 21.2. The zero-order valence-corrected chi connectivity index (χ0v) is 43.2. The largest absolute Gasteiger partial charge is 0.399 e. The third-order valence-corrected chi connectivity index (χ3v) is 16.7. The first-order chi connectivity index (χ1) is 35.9. The Morgan fingerprint density at radius 2 is 0.849 bits per heavy atom. The summed E-state index contributed by atoms with van der Waals surface area (Å²) in [6.07, 6.45) is 15.0. The van der Waals surface area contributed by atoms with E-state index in [0.717, 1.165) is 22.6 Å². The van der Waals surface area contributed by atoms with Crippen molar-refractivity contribution in [3.05, 3.63) is 251 Å². The van der Waals surface area contributed by atoms with Crippen LogP contribution < -0.4 is 10.6 Å². The van der Waals surface area contributed by atoms with Gasteiger partial charge in [-0.25, -0.2) is 0 Å². The highest BCUT2D eigenvalue weighted by atomic mass is 15.1. The Hall–Kier alpha value is -7.42. The molecule has 2 heteroatoms. The molecule has 0 fully saturated rings. The second kappa shape index (κ2) is 21.0. The topological polar surface area (TPSA) is 29.3 Å². The minimum Gasteiger partial charge on any atom is -0.399 e. The number of hydrogen-bond acceptors (Lipinski definition) is 2. The van der Waals surface area contributed by atoms with Crippen LogP contribution in [0.1, 0.15) is 124 Å². The molecule has 1 unspecified atom stereocenters. The normalized spacial score (nSPS) is 13.8. The van der Waals surface area contributed by atoms with Crippen LogP contribution >= 0.6 is 0 Å². The van der Waals surface area contributed by atoms with E-state index in [1.165, 1.54) is 161 Å². The number of rotatable bonds is 19. The highest BCUT2D eigenvalue weighted by molar-refractivity contribution is 5.86. The standard InChI is InChI=1S/C71H70N2/c1-4-6-8-15-47-71(48-16-9-7-5-2)68-20-14-13-19-66(68)67-46-45-65(50-69(67)71)73(63-17-11-10-12-18-63)64-43-33-54(34-44-64)52-27-37-60(38-28-52)70(3,59-35-25-51(26-36-59)53-31-41-62(72)42-32-53)61-39-29-56(30-40-61)58-24-22-55-21-23-57(55)49-58/h10-14,17-20,22,24-46,49-50H,4-9,15-16,21,23,47-48,72H2,1-3H3. The Balaban J connectivity index is 0.924. The molecular weight excluding hydrogens is 881 g/mol. The molecule has 9 aromatic carbocycles. The summed E-state index contributed by atoms with van der Waals surface area (Å²) in [7, 11) is 0. The zero-order chi connectivity index (χ0) is 49.8. The van der Waals surface area contributed by atoms with Crippen molar-refractivity contribution in [2.45, 2.75) is 109 Å². The van der Waals surface area contributed by atoms with Gasteiger partial charge >= 0.3 is 0 Å². The molecule has 0 saturated heterocycles. The molecule has 11 rings (SSSR count). The van der Waals surface area contributed by atoms with Crippen molar-refractivity contribution >= 4 is 22.7 Å². The number of hydrogen-bond donors (Lipinski definition) is 1. The summed E-state index contributed by atoms with van der Waals surface area (Å²) in [5.41, 5.74) is 29.9. The van der Waals surface area contributed by atoms with Gasteiger partial charge in [0, 0.05) is 33.6 Å². The van der Waals surface area contributed by atoms with Gasteiger partial charge in [-0.3, -0.25) is 0 Å². The summed E-state index contributed by atoms with van der Waals surface area (Å²) >= 11 is 0. The first-order valence-electron chi connectivity index (χ1n) is 27.4. The van der Waals surface area contributed by atoms with Crippen LogP contribution in [0.5, 0.6) is 0 Å². The number of nitrogens with two attached hydrogens (primary N) is 1. The summed E-state index contributed by atoms with van der Waals surface area (Å²) in [6.45, 7) is 7.03. The molecule has 0 aliphatic heterocycles. The molecule has 0 radical (unpaired) electrons. The third kappa shape index (κ3) is 9.34. The molecule has 2 aliphatic rings. The predicted octanol–water partition coefficient (Wildman–Crippen LogP) is 19.4. The van der Waals surface area contributed by atoms with E-state index in [0.29, 0.717) is 0 Å². The molecule has 0 saturated carbocycles. The first-order valence-corrected chi connectivity index (χ1v) is 27.4. The maximum Gasteiger partial charge on any atom is 0.0465 e. The zero-order valence-electron chi connectivity index (χ0n) is 43.2. The summed E-state index contributed by atoms with van der Waals surface area (Å²) in [5.74, 6) is 0. The van der Waals surface area contributed by atoms with Crippen LogP contribution in [0.25, 0.3) is 44.5 Å². The fraction of sp³-hybridized carbons (Fsp3) is 0.239. The van der Waals surface area contributed by atoms with E-state index in [1.54, 1.807) is 0 Å². The molecular formula is C71H70N2. The maximum absolute atomic E-state index is 6.06. The van der Waals surface area contributed by atoms with E-state index >= 15 is 0 Å². The first kappa shape index (κ1) is 47.9. The van der Waals surface area contributed by atoms with E-state index in [4.69, 9.17) is 5.73 Å². The molecule has 0 aromatic heterocycles. The quantitative estimate of drug-likeness (QED) is 0.0497. The Bertz CT molecular complexity index is 3280. The Kier molecular flexibility index (Phi) is 13.8. The summed E-state index contributed by atoms with van der Waals surface area (Å²) in [4.78, 5) is 2.47.